The summed E-state index contributed by atoms with van der Waals surface area (Å²) < 4.78 is 0.700. The second-order valence-electron chi connectivity index (χ2n) is 3.12. The number of hydrogen-bond acceptors (Lipinski definition) is 4. The molecule has 15 heavy (non-hydrogen) atoms. The Morgan fingerprint density at radius 1 is 1.20 bits per heavy atom. The Kier molecular flexibility index (Phi) is 2.64. The number of rotatable bonds is 1. The molecule has 0 spiro atoms. The molecule has 76 valence electrons. The molecule has 2 N–H and O–H groups in total. The zero-order valence-electron chi connectivity index (χ0n) is 8.11. The number of aryl methyl sites for hydroxylation is 1. The Labute approximate surface area is 95.7 Å². The molecule has 5 heteroatoms. The van der Waals surface area contributed by atoms with Gasteiger partial charge in [0.1, 0.15) is 5.82 Å². The van der Waals surface area contributed by atoms with Gasteiger partial charge >= 0.3 is 0 Å². The largest absolute Gasteiger partial charge is 0.383 e. The van der Waals surface area contributed by atoms with Crippen molar-refractivity contribution in [2.75, 3.05) is 5.73 Å². The van der Waals surface area contributed by atoms with Crippen LogP contribution in [0.1, 0.15) is 5.69 Å². The molecule has 0 amide bonds. The van der Waals surface area contributed by atoms with Crippen molar-refractivity contribution in [2.45, 2.75) is 6.92 Å². The van der Waals surface area contributed by atoms with Crippen LogP contribution < -0.4 is 5.73 Å². The molecule has 0 atom stereocenters. The molecule has 0 saturated heterocycles. The van der Waals surface area contributed by atoms with Gasteiger partial charge in [-0.05, 0) is 35.0 Å². The van der Waals surface area contributed by atoms with Crippen molar-refractivity contribution in [3.05, 3.63) is 34.7 Å². The normalized spacial score (nSPS) is 10.3. The minimum absolute atomic E-state index is 0.431. The van der Waals surface area contributed by atoms with Gasteiger partial charge in [-0.3, -0.25) is 4.98 Å². The van der Waals surface area contributed by atoms with E-state index in [1.54, 1.807) is 12.4 Å². The fraction of sp³-hybridized carbons (Fsp3) is 0.100. The first-order chi connectivity index (χ1) is 7.16. The van der Waals surface area contributed by atoms with E-state index in [4.69, 9.17) is 5.73 Å². The summed E-state index contributed by atoms with van der Waals surface area (Å²) in [7, 11) is 0. The third-order valence-electron chi connectivity index (χ3n) is 1.94. The summed E-state index contributed by atoms with van der Waals surface area (Å²) in [5.41, 5.74) is 7.49. The molecule has 0 aliphatic rings. The van der Waals surface area contributed by atoms with Gasteiger partial charge in [0.25, 0.3) is 0 Å². The summed E-state index contributed by atoms with van der Waals surface area (Å²) in [6.07, 6.45) is 3.37. The Balaban J connectivity index is 2.45. The van der Waals surface area contributed by atoms with E-state index in [0.29, 0.717) is 16.1 Å². The summed E-state index contributed by atoms with van der Waals surface area (Å²) >= 11 is 3.25. The highest BCUT2D eigenvalue weighted by atomic mass is 79.9. The van der Waals surface area contributed by atoms with Crippen molar-refractivity contribution in [1.29, 1.82) is 0 Å². The summed E-state index contributed by atoms with van der Waals surface area (Å²) in [4.78, 5) is 12.5. The van der Waals surface area contributed by atoms with Crippen LogP contribution in [0.4, 0.5) is 5.82 Å². The van der Waals surface area contributed by atoms with Crippen LogP contribution in [0, 0.1) is 6.92 Å². The predicted octanol–water partition coefficient (Wildman–Crippen LogP) is 2.19. The standard InChI is InChI=1S/C10H9BrN4/c1-6-2-3-7(4-13-6)10-14-5-8(11)9(12)15-10/h2-5H,1H3,(H2,12,14,15). The first-order valence-corrected chi connectivity index (χ1v) is 5.17. The lowest BCUT2D eigenvalue weighted by Crippen LogP contribution is -1.96. The van der Waals surface area contributed by atoms with Gasteiger partial charge in [-0.15, -0.1) is 0 Å². The smallest absolute Gasteiger partial charge is 0.163 e. The molecule has 0 saturated carbocycles. The highest BCUT2D eigenvalue weighted by molar-refractivity contribution is 9.10. The second kappa shape index (κ2) is 3.94. The van der Waals surface area contributed by atoms with Crippen molar-refractivity contribution >= 4 is 21.7 Å². The lowest BCUT2D eigenvalue weighted by Gasteiger charge is -2.02. The fourth-order valence-electron chi connectivity index (χ4n) is 1.12. The monoisotopic (exact) mass is 264 g/mol. The van der Waals surface area contributed by atoms with E-state index in [0.717, 1.165) is 11.3 Å². The van der Waals surface area contributed by atoms with Crippen molar-refractivity contribution < 1.29 is 0 Å². The van der Waals surface area contributed by atoms with E-state index >= 15 is 0 Å². The van der Waals surface area contributed by atoms with Crippen molar-refractivity contribution in [3.63, 3.8) is 0 Å². The molecule has 0 fully saturated rings. The molecule has 2 aromatic rings. The van der Waals surface area contributed by atoms with Crippen LogP contribution in [-0.4, -0.2) is 15.0 Å². The molecular weight excluding hydrogens is 256 g/mol. The Morgan fingerprint density at radius 2 is 2.00 bits per heavy atom. The van der Waals surface area contributed by atoms with Gasteiger partial charge in [0, 0.05) is 23.7 Å². The maximum atomic E-state index is 5.67. The molecule has 0 aromatic carbocycles. The molecule has 2 heterocycles. The molecule has 0 radical (unpaired) electrons. The van der Waals surface area contributed by atoms with Gasteiger partial charge < -0.3 is 5.73 Å². The van der Waals surface area contributed by atoms with E-state index in [9.17, 15) is 0 Å². The first-order valence-electron chi connectivity index (χ1n) is 4.38. The van der Waals surface area contributed by atoms with Gasteiger partial charge in [-0.1, -0.05) is 0 Å². The quantitative estimate of drug-likeness (QED) is 0.858. The van der Waals surface area contributed by atoms with Gasteiger partial charge in [0.05, 0.1) is 4.47 Å². The average molecular weight is 265 g/mol. The lowest BCUT2D eigenvalue weighted by molar-refractivity contribution is 1.14. The molecule has 4 nitrogen and oxygen atoms in total. The van der Waals surface area contributed by atoms with E-state index < -0.39 is 0 Å². The Bertz CT molecular complexity index is 481. The minimum Gasteiger partial charge on any atom is -0.383 e. The lowest BCUT2D eigenvalue weighted by atomic mass is 10.2. The number of pyridine rings is 1. The van der Waals surface area contributed by atoms with Gasteiger partial charge in [-0.2, -0.15) is 0 Å². The van der Waals surface area contributed by atoms with Crippen molar-refractivity contribution in [3.8, 4) is 11.4 Å². The summed E-state index contributed by atoms with van der Waals surface area (Å²) in [6, 6.07) is 3.84. The van der Waals surface area contributed by atoms with Crippen LogP contribution >= 0.6 is 15.9 Å². The van der Waals surface area contributed by atoms with E-state index in [2.05, 4.69) is 30.9 Å². The maximum absolute atomic E-state index is 5.67. The third-order valence-corrected chi connectivity index (χ3v) is 2.55. The number of aromatic nitrogens is 3. The number of hydrogen-bond donors (Lipinski definition) is 1. The number of nitrogens with zero attached hydrogens (tertiary/aromatic N) is 3. The first kappa shape index (κ1) is 10.0. The number of nitrogen functional groups attached to an aromatic ring is 1. The maximum Gasteiger partial charge on any atom is 0.163 e. The van der Waals surface area contributed by atoms with E-state index in [1.807, 2.05) is 19.1 Å². The summed E-state index contributed by atoms with van der Waals surface area (Å²) in [5, 5.41) is 0. The highest BCUT2D eigenvalue weighted by Crippen LogP contribution is 2.20. The zero-order chi connectivity index (χ0) is 10.8. The third kappa shape index (κ3) is 2.12. The molecule has 2 aromatic heterocycles. The van der Waals surface area contributed by atoms with Gasteiger partial charge in [0.2, 0.25) is 0 Å². The highest BCUT2D eigenvalue weighted by Gasteiger charge is 2.04. The Hall–Kier alpha value is -1.49. The minimum atomic E-state index is 0.431. The van der Waals surface area contributed by atoms with Crippen LogP contribution in [0.5, 0.6) is 0 Å². The van der Waals surface area contributed by atoms with Gasteiger partial charge in [0.15, 0.2) is 5.82 Å². The summed E-state index contributed by atoms with van der Waals surface area (Å²) in [6.45, 7) is 1.93. The van der Waals surface area contributed by atoms with Crippen molar-refractivity contribution in [1.82, 2.24) is 15.0 Å². The fourth-order valence-corrected chi connectivity index (χ4v) is 1.31. The molecule has 0 unspecified atom stereocenters. The molecular formula is C10H9BrN4. The van der Waals surface area contributed by atoms with Crippen molar-refractivity contribution in [2.24, 2.45) is 0 Å². The number of halogens is 1. The van der Waals surface area contributed by atoms with E-state index in [1.165, 1.54) is 0 Å². The molecule has 0 aliphatic heterocycles. The van der Waals surface area contributed by atoms with Crippen LogP contribution in [0.2, 0.25) is 0 Å². The zero-order valence-corrected chi connectivity index (χ0v) is 9.69. The van der Waals surface area contributed by atoms with Crippen LogP contribution in [0.15, 0.2) is 29.0 Å². The predicted molar refractivity (Wildman–Crippen MR) is 62.1 cm³/mol. The average Bonchev–Trinajstić information content (AvgIpc) is 2.23. The number of anilines is 1. The summed E-state index contributed by atoms with van der Waals surface area (Å²) in [5.74, 6) is 1.02. The molecule has 0 aliphatic carbocycles. The van der Waals surface area contributed by atoms with E-state index in [-0.39, 0.29) is 0 Å². The number of nitrogens with two attached hydrogens (primary N) is 1. The van der Waals surface area contributed by atoms with Gasteiger partial charge in [-0.25, -0.2) is 9.97 Å². The van der Waals surface area contributed by atoms with Crippen LogP contribution in [0.3, 0.4) is 0 Å². The van der Waals surface area contributed by atoms with Crippen LogP contribution in [0.25, 0.3) is 11.4 Å². The topological polar surface area (TPSA) is 64.7 Å². The SMILES string of the molecule is Cc1ccc(-c2ncc(Br)c(N)n2)cn1. The van der Waals surface area contributed by atoms with Crippen LogP contribution in [-0.2, 0) is 0 Å². The molecule has 0 bridgehead atoms. The molecule has 2 rings (SSSR count). The Morgan fingerprint density at radius 3 is 2.60 bits per heavy atom. The second-order valence-corrected chi connectivity index (χ2v) is 3.97.